The number of amides is 1. The molecule has 1 amide bonds. The van der Waals surface area contributed by atoms with Crippen molar-refractivity contribution in [2.75, 3.05) is 23.8 Å². The first-order valence-electron chi connectivity index (χ1n) is 9.97. The monoisotopic (exact) mass is 392 g/mol. The van der Waals surface area contributed by atoms with Crippen molar-refractivity contribution in [2.45, 2.75) is 45.6 Å². The number of ether oxygens (including phenoxy) is 1. The Balaban J connectivity index is 1.36. The second kappa shape index (κ2) is 6.43. The number of imidazole rings is 1. The topological polar surface area (TPSA) is 94.0 Å². The van der Waals surface area contributed by atoms with Crippen molar-refractivity contribution in [2.24, 2.45) is 0 Å². The van der Waals surface area contributed by atoms with Crippen LogP contribution >= 0.6 is 0 Å². The minimum absolute atomic E-state index is 0.0918. The summed E-state index contributed by atoms with van der Waals surface area (Å²) in [5, 5.41) is 6.35. The molecule has 2 aliphatic rings. The number of carbonyl (C=O) groups excluding carboxylic acids is 1. The minimum Gasteiger partial charge on any atom is -0.462 e. The number of benzene rings is 1. The Morgan fingerprint density at radius 2 is 2.10 bits per heavy atom. The Hall–Kier alpha value is -3.16. The van der Waals surface area contributed by atoms with E-state index >= 15 is 0 Å². The molecule has 2 aliphatic heterocycles. The lowest BCUT2D eigenvalue weighted by molar-refractivity contribution is -0.116. The molecule has 0 unspecified atom stereocenters. The van der Waals surface area contributed by atoms with Gasteiger partial charge in [0, 0.05) is 18.7 Å². The molecule has 8 heteroatoms. The van der Waals surface area contributed by atoms with E-state index in [2.05, 4.69) is 56.1 Å². The molecule has 0 radical (unpaired) electrons. The molecule has 0 saturated carbocycles. The lowest BCUT2D eigenvalue weighted by Crippen LogP contribution is -2.26. The van der Waals surface area contributed by atoms with Gasteiger partial charge < -0.3 is 15.4 Å². The molecule has 4 heterocycles. The smallest absolute Gasteiger partial charge is 0.299 e. The second-order valence-electron chi connectivity index (χ2n) is 8.34. The van der Waals surface area contributed by atoms with Crippen molar-refractivity contribution in [1.29, 1.82) is 0 Å². The molecule has 2 aromatic heterocycles. The Morgan fingerprint density at radius 3 is 2.97 bits per heavy atom. The first-order chi connectivity index (χ1) is 13.9. The highest BCUT2D eigenvalue weighted by atomic mass is 16.5. The largest absolute Gasteiger partial charge is 0.462 e. The van der Waals surface area contributed by atoms with Crippen LogP contribution in [0.2, 0.25) is 0 Å². The van der Waals surface area contributed by atoms with Crippen LogP contribution in [0.15, 0.2) is 18.2 Å². The number of nitrogens with one attached hydrogen (secondary N) is 2. The maximum Gasteiger partial charge on any atom is 0.299 e. The SMILES string of the molecule is Cc1nc(NCCc2ccc3c(c2)CCC(=O)N3)c2nc3n(c2n1)C(C)(C)CO3. The van der Waals surface area contributed by atoms with Gasteiger partial charge >= 0.3 is 0 Å². The maximum absolute atomic E-state index is 11.5. The van der Waals surface area contributed by atoms with Gasteiger partial charge in [-0.05, 0) is 50.8 Å². The van der Waals surface area contributed by atoms with Crippen molar-refractivity contribution >= 4 is 28.6 Å². The molecule has 0 fully saturated rings. The van der Waals surface area contributed by atoms with Crippen LogP contribution in [0.1, 0.15) is 37.2 Å². The van der Waals surface area contributed by atoms with Crippen LogP contribution in [0.5, 0.6) is 6.01 Å². The molecule has 3 aromatic rings. The third kappa shape index (κ3) is 3.08. The Labute approximate surface area is 168 Å². The predicted molar refractivity (Wildman–Crippen MR) is 110 cm³/mol. The van der Waals surface area contributed by atoms with Crippen molar-refractivity contribution in [3.05, 3.63) is 35.2 Å². The molecule has 0 aliphatic carbocycles. The van der Waals surface area contributed by atoms with Gasteiger partial charge in [0.1, 0.15) is 12.4 Å². The number of aromatic nitrogens is 4. The maximum atomic E-state index is 11.5. The van der Waals surface area contributed by atoms with Crippen LogP contribution in [0.3, 0.4) is 0 Å². The van der Waals surface area contributed by atoms with Gasteiger partial charge in [-0.25, -0.2) is 9.97 Å². The first kappa shape index (κ1) is 17.9. The number of fused-ring (bicyclic) bond motifs is 4. The second-order valence-corrected chi connectivity index (χ2v) is 8.34. The molecule has 5 rings (SSSR count). The van der Waals surface area contributed by atoms with E-state index in [9.17, 15) is 4.79 Å². The van der Waals surface area contributed by atoms with E-state index in [0.29, 0.717) is 24.9 Å². The quantitative estimate of drug-likeness (QED) is 0.709. The Kier molecular flexibility index (Phi) is 3.97. The first-order valence-corrected chi connectivity index (χ1v) is 9.97. The van der Waals surface area contributed by atoms with E-state index in [4.69, 9.17) is 4.74 Å². The molecule has 0 bridgehead atoms. The highest BCUT2D eigenvalue weighted by Crippen LogP contribution is 2.36. The van der Waals surface area contributed by atoms with Gasteiger partial charge in [0.15, 0.2) is 17.0 Å². The number of rotatable bonds is 4. The molecule has 0 spiro atoms. The third-order valence-corrected chi connectivity index (χ3v) is 5.52. The van der Waals surface area contributed by atoms with Crippen LogP contribution in [0.4, 0.5) is 11.5 Å². The van der Waals surface area contributed by atoms with E-state index in [-0.39, 0.29) is 11.4 Å². The zero-order valence-electron chi connectivity index (χ0n) is 16.9. The molecule has 8 nitrogen and oxygen atoms in total. The normalized spacial score (nSPS) is 16.9. The molecular weight excluding hydrogens is 368 g/mol. The zero-order valence-corrected chi connectivity index (χ0v) is 16.9. The van der Waals surface area contributed by atoms with Gasteiger partial charge in [0.25, 0.3) is 6.01 Å². The average Bonchev–Trinajstić information content (AvgIpc) is 3.19. The lowest BCUT2D eigenvalue weighted by Gasteiger charge is -2.18. The summed E-state index contributed by atoms with van der Waals surface area (Å²) in [6.45, 7) is 7.45. The van der Waals surface area contributed by atoms with E-state index in [1.165, 1.54) is 11.1 Å². The van der Waals surface area contributed by atoms with Crippen LogP contribution < -0.4 is 15.4 Å². The Morgan fingerprint density at radius 1 is 1.24 bits per heavy atom. The van der Waals surface area contributed by atoms with Gasteiger partial charge in [-0.15, -0.1) is 0 Å². The van der Waals surface area contributed by atoms with Crippen molar-refractivity contribution in [1.82, 2.24) is 19.5 Å². The Bertz CT molecular complexity index is 1130. The van der Waals surface area contributed by atoms with E-state index in [0.717, 1.165) is 42.1 Å². The number of anilines is 2. The minimum atomic E-state index is -0.180. The molecule has 0 atom stereocenters. The van der Waals surface area contributed by atoms with Gasteiger partial charge in [0.05, 0.1) is 5.54 Å². The van der Waals surface area contributed by atoms with Gasteiger partial charge in [-0.2, -0.15) is 4.98 Å². The lowest BCUT2D eigenvalue weighted by atomic mass is 9.99. The molecule has 150 valence electrons. The van der Waals surface area contributed by atoms with Gasteiger partial charge in [0.2, 0.25) is 5.91 Å². The fraction of sp³-hybridized carbons (Fsp3) is 0.429. The summed E-state index contributed by atoms with van der Waals surface area (Å²) in [5.74, 6) is 1.53. The fourth-order valence-corrected chi connectivity index (χ4v) is 4.04. The molecule has 0 saturated heterocycles. The van der Waals surface area contributed by atoms with Crippen molar-refractivity contribution in [3.8, 4) is 6.01 Å². The summed E-state index contributed by atoms with van der Waals surface area (Å²) in [4.78, 5) is 25.3. The predicted octanol–water partition coefficient (Wildman–Crippen LogP) is 2.80. The summed E-state index contributed by atoms with van der Waals surface area (Å²) in [6.07, 6.45) is 2.20. The number of nitrogens with zero attached hydrogens (tertiary/aromatic N) is 4. The fourth-order valence-electron chi connectivity index (χ4n) is 4.04. The van der Waals surface area contributed by atoms with E-state index in [1.807, 2.05) is 13.0 Å². The highest BCUT2D eigenvalue weighted by Gasteiger charge is 2.35. The van der Waals surface area contributed by atoms with Crippen molar-refractivity contribution < 1.29 is 9.53 Å². The summed E-state index contributed by atoms with van der Waals surface area (Å²) in [7, 11) is 0. The summed E-state index contributed by atoms with van der Waals surface area (Å²) in [6, 6.07) is 6.84. The third-order valence-electron chi connectivity index (χ3n) is 5.52. The van der Waals surface area contributed by atoms with Crippen LogP contribution in [-0.2, 0) is 23.2 Å². The van der Waals surface area contributed by atoms with E-state index < -0.39 is 0 Å². The van der Waals surface area contributed by atoms with Crippen LogP contribution in [-0.4, -0.2) is 38.6 Å². The summed E-state index contributed by atoms with van der Waals surface area (Å²) in [5.41, 5.74) is 4.73. The molecule has 2 N–H and O–H groups in total. The van der Waals surface area contributed by atoms with Crippen LogP contribution in [0, 0.1) is 6.92 Å². The van der Waals surface area contributed by atoms with Gasteiger partial charge in [-0.1, -0.05) is 12.1 Å². The summed E-state index contributed by atoms with van der Waals surface area (Å²) >= 11 is 0. The molecule has 1 aromatic carbocycles. The average molecular weight is 392 g/mol. The summed E-state index contributed by atoms with van der Waals surface area (Å²) < 4.78 is 7.81. The number of hydrogen-bond donors (Lipinski definition) is 2. The number of hydrogen-bond acceptors (Lipinski definition) is 6. The zero-order chi connectivity index (χ0) is 20.2. The van der Waals surface area contributed by atoms with Gasteiger partial charge in [-0.3, -0.25) is 9.36 Å². The number of carbonyl (C=O) groups is 1. The highest BCUT2D eigenvalue weighted by molar-refractivity contribution is 5.93. The molecule has 29 heavy (non-hydrogen) atoms. The van der Waals surface area contributed by atoms with Crippen molar-refractivity contribution in [3.63, 3.8) is 0 Å². The van der Waals surface area contributed by atoms with E-state index in [1.54, 1.807) is 0 Å². The molecular formula is C21H24N6O2. The van der Waals surface area contributed by atoms with Crippen LogP contribution in [0.25, 0.3) is 11.2 Å². The number of aryl methyl sites for hydroxylation is 2. The standard InChI is InChI=1S/C21H24N6O2/c1-12-23-18(17-19(24-12)27-20(26-17)29-11-21(27,2)3)22-9-8-13-4-6-15-14(10-13)5-7-16(28)25-15/h4,6,10H,5,7-9,11H2,1-3H3,(H,25,28)(H,22,23,24).